The summed E-state index contributed by atoms with van der Waals surface area (Å²) in [5.74, 6) is 0.850. The van der Waals surface area contributed by atoms with Gasteiger partial charge in [-0.1, -0.05) is 43.2 Å². The molecule has 0 spiro atoms. The Morgan fingerprint density at radius 2 is 1.77 bits per heavy atom. The van der Waals surface area contributed by atoms with Crippen LogP contribution in [-0.4, -0.2) is 30.4 Å². The SMILES string of the molecule is O=C(CC1CCCC1)NC(CN1CCCC1)c1ccccc1. The van der Waals surface area contributed by atoms with Crippen LogP contribution in [0, 0.1) is 5.92 Å². The number of likely N-dealkylation sites (tertiary alicyclic amines) is 1. The van der Waals surface area contributed by atoms with E-state index in [-0.39, 0.29) is 11.9 Å². The lowest BCUT2D eigenvalue weighted by molar-refractivity contribution is -0.122. The van der Waals surface area contributed by atoms with Gasteiger partial charge in [0, 0.05) is 13.0 Å². The average Bonchev–Trinajstić information content (AvgIpc) is 3.21. The number of carbonyl (C=O) groups is 1. The molecule has 0 bridgehead atoms. The van der Waals surface area contributed by atoms with Crippen molar-refractivity contribution in [3.05, 3.63) is 35.9 Å². The fourth-order valence-corrected chi connectivity index (χ4v) is 3.87. The van der Waals surface area contributed by atoms with Crippen LogP contribution in [0.1, 0.15) is 56.6 Å². The molecule has 1 aliphatic carbocycles. The first-order valence-electron chi connectivity index (χ1n) is 8.88. The van der Waals surface area contributed by atoms with Crippen molar-refractivity contribution in [1.29, 1.82) is 0 Å². The summed E-state index contributed by atoms with van der Waals surface area (Å²) in [6.07, 6.45) is 8.35. The Bertz CT molecular complexity index is 462. The van der Waals surface area contributed by atoms with E-state index in [1.165, 1.54) is 57.2 Å². The number of hydrogen-bond acceptors (Lipinski definition) is 2. The summed E-state index contributed by atoms with van der Waals surface area (Å²) < 4.78 is 0. The number of rotatable bonds is 6. The molecule has 1 saturated heterocycles. The molecule has 2 fully saturated rings. The minimum absolute atomic E-state index is 0.133. The van der Waals surface area contributed by atoms with Gasteiger partial charge in [-0.05, 0) is 50.3 Å². The minimum atomic E-state index is 0.133. The van der Waals surface area contributed by atoms with Gasteiger partial charge in [-0.15, -0.1) is 0 Å². The predicted molar refractivity (Wildman–Crippen MR) is 89.6 cm³/mol. The van der Waals surface area contributed by atoms with Crippen LogP contribution in [-0.2, 0) is 4.79 Å². The van der Waals surface area contributed by atoms with Crippen molar-refractivity contribution in [2.24, 2.45) is 5.92 Å². The van der Waals surface area contributed by atoms with Crippen molar-refractivity contribution in [2.75, 3.05) is 19.6 Å². The highest BCUT2D eigenvalue weighted by Crippen LogP contribution is 2.28. The maximum atomic E-state index is 12.4. The van der Waals surface area contributed by atoms with Gasteiger partial charge in [-0.2, -0.15) is 0 Å². The molecular formula is C19H28N2O. The summed E-state index contributed by atoms with van der Waals surface area (Å²) in [6.45, 7) is 3.28. The summed E-state index contributed by atoms with van der Waals surface area (Å²) in [5.41, 5.74) is 1.23. The normalized spacial score (nSPS) is 21.1. The van der Waals surface area contributed by atoms with E-state index in [4.69, 9.17) is 0 Å². The Morgan fingerprint density at radius 1 is 1.09 bits per heavy atom. The molecule has 3 heteroatoms. The molecule has 120 valence electrons. The van der Waals surface area contributed by atoms with E-state index in [1.54, 1.807) is 0 Å². The predicted octanol–water partition coefficient (Wildman–Crippen LogP) is 3.52. The molecule has 1 amide bonds. The van der Waals surface area contributed by atoms with Crippen LogP contribution >= 0.6 is 0 Å². The molecule has 1 aromatic rings. The molecule has 1 heterocycles. The molecular weight excluding hydrogens is 272 g/mol. The largest absolute Gasteiger partial charge is 0.348 e. The number of amides is 1. The monoisotopic (exact) mass is 300 g/mol. The van der Waals surface area contributed by atoms with Crippen LogP contribution in [0.5, 0.6) is 0 Å². The lowest BCUT2D eigenvalue weighted by Crippen LogP contribution is -2.37. The maximum Gasteiger partial charge on any atom is 0.220 e. The molecule has 1 atom stereocenters. The van der Waals surface area contributed by atoms with Crippen LogP contribution < -0.4 is 5.32 Å². The first-order valence-corrected chi connectivity index (χ1v) is 8.88. The van der Waals surface area contributed by atoms with Gasteiger partial charge < -0.3 is 10.2 Å². The second-order valence-electron chi connectivity index (χ2n) is 6.89. The second kappa shape index (κ2) is 7.77. The van der Waals surface area contributed by atoms with E-state index in [9.17, 15) is 4.79 Å². The Labute approximate surface area is 134 Å². The molecule has 3 rings (SSSR count). The van der Waals surface area contributed by atoms with Gasteiger partial charge in [0.15, 0.2) is 0 Å². The third kappa shape index (κ3) is 4.33. The van der Waals surface area contributed by atoms with Crippen LogP contribution in [0.4, 0.5) is 0 Å². The summed E-state index contributed by atoms with van der Waals surface area (Å²) in [7, 11) is 0. The third-order valence-electron chi connectivity index (χ3n) is 5.13. The number of hydrogen-bond donors (Lipinski definition) is 1. The standard InChI is InChI=1S/C19H28N2O/c22-19(14-16-8-4-5-9-16)20-18(15-21-12-6-7-13-21)17-10-2-1-3-11-17/h1-3,10-11,16,18H,4-9,12-15H2,(H,20,22). The highest BCUT2D eigenvalue weighted by molar-refractivity contribution is 5.76. The lowest BCUT2D eigenvalue weighted by atomic mass is 10.0. The smallest absolute Gasteiger partial charge is 0.220 e. The fraction of sp³-hybridized carbons (Fsp3) is 0.632. The summed E-state index contributed by atoms with van der Waals surface area (Å²) in [4.78, 5) is 14.9. The van der Waals surface area contributed by atoms with Crippen LogP contribution in [0.15, 0.2) is 30.3 Å². The van der Waals surface area contributed by atoms with E-state index in [0.717, 1.165) is 6.54 Å². The van der Waals surface area contributed by atoms with E-state index >= 15 is 0 Å². The second-order valence-corrected chi connectivity index (χ2v) is 6.89. The summed E-state index contributed by atoms with van der Waals surface area (Å²) in [6, 6.07) is 10.6. The zero-order chi connectivity index (χ0) is 15.2. The van der Waals surface area contributed by atoms with Gasteiger partial charge in [0.05, 0.1) is 6.04 Å². The molecule has 1 N–H and O–H groups in total. The van der Waals surface area contributed by atoms with Crippen molar-refractivity contribution in [3.8, 4) is 0 Å². The topological polar surface area (TPSA) is 32.3 Å². The van der Waals surface area contributed by atoms with Crippen molar-refractivity contribution in [2.45, 2.75) is 51.0 Å². The molecule has 1 aliphatic heterocycles. The van der Waals surface area contributed by atoms with Crippen LogP contribution in [0.25, 0.3) is 0 Å². The van der Waals surface area contributed by atoms with Crippen molar-refractivity contribution in [3.63, 3.8) is 0 Å². The van der Waals surface area contributed by atoms with E-state index < -0.39 is 0 Å². The Hall–Kier alpha value is -1.35. The number of carbonyl (C=O) groups excluding carboxylic acids is 1. The first kappa shape index (κ1) is 15.5. The molecule has 2 aliphatic rings. The number of nitrogens with one attached hydrogen (secondary N) is 1. The van der Waals surface area contributed by atoms with E-state index in [2.05, 4.69) is 34.5 Å². The lowest BCUT2D eigenvalue weighted by Gasteiger charge is -2.25. The van der Waals surface area contributed by atoms with Gasteiger partial charge in [0.2, 0.25) is 5.91 Å². The zero-order valence-corrected chi connectivity index (χ0v) is 13.5. The van der Waals surface area contributed by atoms with Gasteiger partial charge in [0.25, 0.3) is 0 Å². The van der Waals surface area contributed by atoms with Gasteiger partial charge >= 0.3 is 0 Å². The Kier molecular flexibility index (Phi) is 5.49. The average molecular weight is 300 g/mol. The first-order chi connectivity index (χ1) is 10.8. The van der Waals surface area contributed by atoms with Gasteiger partial charge in [0.1, 0.15) is 0 Å². The third-order valence-corrected chi connectivity index (χ3v) is 5.13. The summed E-state index contributed by atoms with van der Waals surface area (Å²) >= 11 is 0. The number of benzene rings is 1. The fourth-order valence-electron chi connectivity index (χ4n) is 3.87. The maximum absolute atomic E-state index is 12.4. The van der Waals surface area contributed by atoms with Gasteiger partial charge in [-0.3, -0.25) is 4.79 Å². The molecule has 1 aromatic carbocycles. The molecule has 0 aromatic heterocycles. The van der Waals surface area contributed by atoms with Crippen molar-refractivity contribution >= 4 is 5.91 Å². The Morgan fingerprint density at radius 3 is 2.45 bits per heavy atom. The number of nitrogens with zero attached hydrogens (tertiary/aromatic N) is 1. The zero-order valence-electron chi connectivity index (χ0n) is 13.5. The van der Waals surface area contributed by atoms with Crippen molar-refractivity contribution in [1.82, 2.24) is 10.2 Å². The quantitative estimate of drug-likeness (QED) is 0.872. The summed E-state index contributed by atoms with van der Waals surface area (Å²) in [5, 5.41) is 3.31. The highest BCUT2D eigenvalue weighted by atomic mass is 16.1. The Balaban J connectivity index is 1.60. The van der Waals surface area contributed by atoms with Gasteiger partial charge in [-0.25, -0.2) is 0 Å². The molecule has 1 unspecified atom stereocenters. The molecule has 22 heavy (non-hydrogen) atoms. The minimum Gasteiger partial charge on any atom is -0.348 e. The van der Waals surface area contributed by atoms with E-state index in [0.29, 0.717) is 12.3 Å². The van der Waals surface area contributed by atoms with E-state index in [1.807, 2.05) is 6.07 Å². The highest BCUT2D eigenvalue weighted by Gasteiger charge is 2.23. The molecule has 1 saturated carbocycles. The molecule has 0 radical (unpaired) electrons. The van der Waals surface area contributed by atoms with Crippen molar-refractivity contribution < 1.29 is 4.79 Å². The van der Waals surface area contributed by atoms with Crippen LogP contribution in [0.3, 0.4) is 0 Å². The molecule has 3 nitrogen and oxygen atoms in total. The van der Waals surface area contributed by atoms with Crippen LogP contribution in [0.2, 0.25) is 0 Å².